The van der Waals surface area contributed by atoms with Crippen LogP contribution >= 0.6 is 23.2 Å². The highest BCUT2D eigenvalue weighted by atomic mass is 35.5. The van der Waals surface area contributed by atoms with Gasteiger partial charge >= 0.3 is 6.18 Å². The number of amides is 1. The normalized spacial score (nSPS) is 11.7. The van der Waals surface area contributed by atoms with Gasteiger partial charge in [-0.3, -0.25) is 4.79 Å². The van der Waals surface area contributed by atoms with E-state index in [1.165, 1.54) is 30.3 Å². The minimum atomic E-state index is -4.44. The lowest BCUT2D eigenvalue weighted by Crippen LogP contribution is -2.18. The summed E-state index contributed by atoms with van der Waals surface area (Å²) in [6.07, 6.45) is -3.33. The van der Waals surface area contributed by atoms with Crippen LogP contribution in [-0.4, -0.2) is 12.1 Å². The molecule has 1 amide bonds. The summed E-state index contributed by atoms with van der Waals surface area (Å²) in [5.41, 5.74) is 1.74. The van der Waals surface area contributed by atoms with Gasteiger partial charge in [-0.2, -0.15) is 18.3 Å². The standard InChI is InChI=1S/C15H9Cl2F3N2O/c16-11-4-5-12(13(17)7-11)14(23)22-21-8-9-2-1-3-10(6-9)15(18,19)20/h1-8H,(H,22,23)/b21-8+. The maximum atomic E-state index is 12.6. The van der Waals surface area contributed by atoms with Gasteiger partial charge in [0, 0.05) is 5.02 Å². The van der Waals surface area contributed by atoms with Crippen molar-refractivity contribution in [1.29, 1.82) is 0 Å². The zero-order valence-electron chi connectivity index (χ0n) is 11.4. The molecule has 0 bridgehead atoms. The molecule has 120 valence electrons. The topological polar surface area (TPSA) is 41.5 Å². The van der Waals surface area contributed by atoms with E-state index in [-0.39, 0.29) is 16.1 Å². The third-order valence-electron chi connectivity index (χ3n) is 2.77. The summed E-state index contributed by atoms with van der Waals surface area (Å²) in [6, 6.07) is 8.85. The fourth-order valence-corrected chi connectivity index (χ4v) is 2.19. The molecule has 2 aromatic carbocycles. The van der Waals surface area contributed by atoms with Crippen molar-refractivity contribution < 1.29 is 18.0 Å². The minimum absolute atomic E-state index is 0.143. The van der Waals surface area contributed by atoms with E-state index in [9.17, 15) is 18.0 Å². The van der Waals surface area contributed by atoms with Crippen LogP contribution in [0.4, 0.5) is 13.2 Å². The first-order valence-corrected chi connectivity index (χ1v) is 6.98. The van der Waals surface area contributed by atoms with Crippen LogP contribution in [0.5, 0.6) is 0 Å². The van der Waals surface area contributed by atoms with E-state index in [1.54, 1.807) is 0 Å². The maximum absolute atomic E-state index is 12.6. The number of rotatable bonds is 3. The molecular formula is C15H9Cl2F3N2O. The molecule has 0 saturated carbocycles. The molecule has 0 saturated heterocycles. The van der Waals surface area contributed by atoms with Crippen LogP contribution in [0.1, 0.15) is 21.5 Å². The fraction of sp³-hybridized carbons (Fsp3) is 0.0667. The molecule has 0 unspecified atom stereocenters. The summed E-state index contributed by atoms with van der Waals surface area (Å²) in [6.45, 7) is 0. The molecule has 8 heteroatoms. The fourth-order valence-electron chi connectivity index (χ4n) is 1.69. The number of carbonyl (C=O) groups excluding carboxylic acids is 1. The molecule has 23 heavy (non-hydrogen) atoms. The Bertz CT molecular complexity index is 761. The third-order valence-corrected chi connectivity index (χ3v) is 3.32. The molecule has 0 radical (unpaired) electrons. The van der Waals surface area contributed by atoms with Crippen molar-refractivity contribution >= 4 is 35.3 Å². The number of hydrogen-bond donors (Lipinski definition) is 1. The number of nitrogens with one attached hydrogen (secondary N) is 1. The van der Waals surface area contributed by atoms with E-state index < -0.39 is 17.6 Å². The van der Waals surface area contributed by atoms with Crippen LogP contribution in [0, 0.1) is 0 Å². The molecule has 0 heterocycles. The molecule has 2 aromatic rings. The second kappa shape index (κ2) is 7.02. The molecule has 1 N–H and O–H groups in total. The molecule has 3 nitrogen and oxygen atoms in total. The van der Waals surface area contributed by atoms with Crippen molar-refractivity contribution in [2.75, 3.05) is 0 Å². The second-order valence-corrected chi connectivity index (χ2v) is 5.29. The summed E-state index contributed by atoms with van der Waals surface area (Å²) in [4.78, 5) is 11.9. The predicted molar refractivity (Wildman–Crippen MR) is 83.0 cm³/mol. The average Bonchev–Trinajstić information content (AvgIpc) is 2.46. The molecule has 0 atom stereocenters. The summed E-state index contributed by atoms with van der Waals surface area (Å²) < 4.78 is 37.7. The molecule has 2 rings (SSSR count). The Morgan fingerprint density at radius 3 is 2.52 bits per heavy atom. The number of hydrazone groups is 1. The SMILES string of the molecule is O=C(N/N=C/c1cccc(C(F)(F)F)c1)c1ccc(Cl)cc1Cl. The Hall–Kier alpha value is -2.05. The Kier molecular flexibility index (Phi) is 5.28. The zero-order valence-corrected chi connectivity index (χ0v) is 12.9. The number of alkyl halides is 3. The highest BCUT2D eigenvalue weighted by molar-refractivity contribution is 6.36. The number of carbonyl (C=O) groups is 1. The van der Waals surface area contributed by atoms with Gasteiger partial charge < -0.3 is 0 Å². The third kappa shape index (κ3) is 4.71. The van der Waals surface area contributed by atoms with Crippen LogP contribution < -0.4 is 5.43 Å². The quantitative estimate of drug-likeness (QED) is 0.621. The molecule has 0 aliphatic carbocycles. The van der Waals surface area contributed by atoms with E-state index >= 15 is 0 Å². The number of halogens is 5. The van der Waals surface area contributed by atoms with Crippen LogP contribution in [0.15, 0.2) is 47.6 Å². The van der Waals surface area contributed by atoms with Crippen LogP contribution in [0.2, 0.25) is 10.0 Å². The summed E-state index contributed by atoms with van der Waals surface area (Å²) in [5, 5.41) is 4.14. The number of hydrogen-bond acceptors (Lipinski definition) is 2. The van der Waals surface area contributed by atoms with Gasteiger partial charge in [-0.15, -0.1) is 0 Å². The van der Waals surface area contributed by atoms with Crippen molar-refractivity contribution in [3.05, 3.63) is 69.2 Å². The van der Waals surface area contributed by atoms with Gasteiger partial charge in [0.15, 0.2) is 0 Å². The van der Waals surface area contributed by atoms with Crippen LogP contribution in [0.3, 0.4) is 0 Å². The lowest BCUT2D eigenvalue weighted by Gasteiger charge is -2.06. The number of nitrogens with zero attached hydrogens (tertiary/aromatic N) is 1. The minimum Gasteiger partial charge on any atom is -0.267 e. The Morgan fingerprint density at radius 2 is 1.87 bits per heavy atom. The smallest absolute Gasteiger partial charge is 0.267 e. The van der Waals surface area contributed by atoms with Crippen LogP contribution in [0.25, 0.3) is 0 Å². The molecule has 0 aliphatic heterocycles. The van der Waals surface area contributed by atoms with Gasteiger partial charge in [0.25, 0.3) is 5.91 Å². The van der Waals surface area contributed by atoms with Crippen LogP contribution in [-0.2, 0) is 6.18 Å². The Balaban J connectivity index is 2.08. The van der Waals surface area contributed by atoms with Gasteiger partial charge in [-0.1, -0.05) is 35.3 Å². The largest absolute Gasteiger partial charge is 0.416 e. The monoisotopic (exact) mass is 360 g/mol. The van der Waals surface area contributed by atoms with Gasteiger partial charge in [0.2, 0.25) is 0 Å². The predicted octanol–water partition coefficient (Wildman–Crippen LogP) is 4.78. The first-order chi connectivity index (χ1) is 10.8. The van der Waals surface area contributed by atoms with Gasteiger partial charge in [-0.05, 0) is 35.9 Å². The molecule has 0 fully saturated rings. The Labute approximate surface area is 139 Å². The maximum Gasteiger partial charge on any atom is 0.416 e. The Morgan fingerprint density at radius 1 is 1.13 bits per heavy atom. The highest BCUT2D eigenvalue weighted by Gasteiger charge is 2.30. The first kappa shape index (κ1) is 17.3. The molecule has 0 aliphatic rings. The van der Waals surface area contributed by atoms with E-state index in [2.05, 4.69) is 10.5 Å². The molecule has 0 aromatic heterocycles. The first-order valence-electron chi connectivity index (χ1n) is 6.23. The summed E-state index contributed by atoms with van der Waals surface area (Å²) >= 11 is 11.6. The summed E-state index contributed by atoms with van der Waals surface area (Å²) in [5.74, 6) is -0.602. The van der Waals surface area contributed by atoms with Gasteiger partial charge in [-0.25, -0.2) is 5.43 Å². The zero-order chi connectivity index (χ0) is 17.0. The molecule has 0 spiro atoms. The van der Waals surface area contributed by atoms with Crippen molar-refractivity contribution in [2.45, 2.75) is 6.18 Å². The highest BCUT2D eigenvalue weighted by Crippen LogP contribution is 2.29. The number of benzene rings is 2. The summed E-state index contributed by atoms with van der Waals surface area (Å²) in [7, 11) is 0. The van der Waals surface area contributed by atoms with Crippen molar-refractivity contribution in [3.8, 4) is 0 Å². The van der Waals surface area contributed by atoms with Gasteiger partial charge in [0.1, 0.15) is 0 Å². The van der Waals surface area contributed by atoms with E-state index in [0.29, 0.717) is 5.02 Å². The van der Waals surface area contributed by atoms with Crippen molar-refractivity contribution in [1.82, 2.24) is 5.43 Å². The van der Waals surface area contributed by atoms with Crippen molar-refractivity contribution in [2.24, 2.45) is 5.10 Å². The van der Waals surface area contributed by atoms with E-state index in [4.69, 9.17) is 23.2 Å². The van der Waals surface area contributed by atoms with Crippen molar-refractivity contribution in [3.63, 3.8) is 0 Å². The lowest BCUT2D eigenvalue weighted by molar-refractivity contribution is -0.137. The lowest BCUT2D eigenvalue weighted by atomic mass is 10.1. The average molecular weight is 361 g/mol. The second-order valence-electron chi connectivity index (χ2n) is 4.45. The van der Waals surface area contributed by atoms with E-state index in [0.717, 1.165) is 18.3 Å². The van der Waals surface area contributed by atoms with E-state index in [1.807, 2.05) is 0 Å². The van der Waals surface area contributed by atoms with Gasteiger partial charge in [0.05, 0.1) is 22.4 Å². The molecular weight excluding hydrogens is 352 g/mol.